The number of hydrogen-bond acceptors (Lipinski definition) is 4. The van der Waals surface area contributed by atoms with Gasteiger partial charge >= 0.3 is 0 Å². The van der Waals surface area contributed by atoms with Crippen molar-refractivity contribution in [3.63, 3.8) is 0 Å². The molecule has 2 saturated heterocycles. The number of ether oxygens (including phenoxy) is 2. The van der Waals surface area contributed by atoms with E-state index in [1.807, 2.05) is 54.6 Å². The molecule has 0 amide bonds. The predicted octanol–water partition coefficient (Wildman–Crippen LogP) is 6.34. The van der Waals surface area contributed by atoms with Crippen LogP contribution < -0.4 is 5.48 Å². The van der Waals surface area contributed by atoms with Crippen LogP contribution in [0.15, 0.2) is 114 Å². The molecule has 2 aliphatic rings. The highest BCUT2D eigenvalue weighted by molar-refractivity contribution is 9.10. The van der Waals surface area contributed by atoms with Crippen molar-refractivity contribution in [2.24, 2.45) is 5.92 Å². The molecule has 37 heavy (non-hydrogen) atoms. The molecule has 0 radical (unpaired) electrons. The second-order valence-electron chi connectivity index (χ2n) is 9.55. The third-order valence-electron chi connectivity index (χ3n) is 7.54. The Labute approximate surface area is 224 Å². The smallest absolute Gasteiger partial charge is 0.143 e. The van der Waals surface area contributed by atoms with E-state index in [1.54, 1.807) is 12.1 Å². The van der Waals surface area contributed by atoms with Crippen molar-refractivity contribution in [1.29, 1.82) is 0 Å². The molecule has 0 unspecified atom stereocenters. The van der Waals surface area contributed by atoms with Gasteiger partial charge in [-0.25, -0.2) is 4.39 Å². The Morgan fingerprint density at radius 2 is 1.43 bits per heavy atom. The number of rotatable bonds is 7. The third kappa shape index (κ3) is 4.23. The van der Waals surface area contributed by atoms with Crippen LogP contribution in [0.5, 0.6) is 0 Å². The van der Waals surface area contributed by atoms with Crippen molar-refractivity contribution in [2.75, 3.05) is 19.8 Å². The molecule has 2 fully saturated rings. The summed E-state index contributed by atoms with van der Waals surface area (Å²) in [6.45, 7) is 0.981. The van der Waals surface area contributed by atoms with Crippen LogP contribution in [0.25, 0.3) is 0 Å². The summed E-state index contributed by atoms with van der Waals surface area (Å²) in [7, 11) is 0. The maximum absolute atomic E-state index is 15.0. The van der Waals surface area contributed by atoms with Gasteiger partial charge in [0.1, 0.15) is 17.0 Å². The van der Waals surface area contributed by atoms with Gasteiger partial charge in [0.15, 0.2) is 0 Å². The zero-order chi connectivity index (χ0) is 25.3. The molecule has 6 heteroatoms. The monoisotopic (exact) mass is 559 g/mol. The molecule has 4 aromatic carbocycles. The molecule has 4 aromatic rings. The van der Waals surface area contributed by atoms with Crippen LogP contribution in [0, 0.1) is 11.7 Å². The zero-order valence-corrected chi connectivity index (χ0v) is 21.7. The van der Waals surface area contributed by atoms with Gasteiger partial charge in [-0.2, -0.15) is 5.48 Å². The molecule has 0 saturated carbocycles. The minimum atomic E-state index is -0.855. The number of hydroxylamine groups is 1. The van der Waals surface area contributed by atoms with Crippen molar-refractivity contribution < 1.29 is 18.7 Å². The largest absolute Gasteiger partial charge is 0.373 e. The molecule has 1 N–H and O–H groups in total. The maximum atomic E-state index is 15.0. The lowest BCUT2D eigenvalue weighted by Gasteiger charge is -2.37. The van der Waals surface area contributed by atoms with Crippen LogP contribution in [-0.4, -0.2) is 25.9 Å². The second kappa shape index (κ2) is 10.1. The van der Waals surface area contributed by atoms with Crippen molar-refractivity contribution >= 4 is 15.9 Å². The van der Waals surface area contributed by atoms with E-state index in [-0.39, 0.29) is 24.4 Å². The Bertz CT molecular complexity index is 1260. The minimum Gasteiger partial charge on any atom is -0.373 e. The summed E-state index contributed by atoms with van der Waals surface area (Å²) in [4.78, 5) is 5.71. The fraction of sp³-hybridized carbons (Fsp3) is 0.226. The Balaban J connectivity index is 1.39. The highest BCUT2D eigenvalue weighted by atomic mass is 79.9. The summed E-state index contributed by atoms with van der Waals surface area (Å²) < 4.78 is 29.2. The molecule has 2 heterocycles. The molecular weight excluding hydrogens is 533 g/mol. The van der Waals surface area contributed by atoms with E-state index in [0.717, 1.165) is 21.2 Å². The third-order valence-corrected chi connectivity index (χ3v) is 8.03. The van der Waals surface area contributed by atoms with Gasteiger partial charge in [0.05, 0.1) is 25.9 Å². The molecule has 0 spiro atoms. The average molecular weight is 560 g/mol. The van der Waals surface area contributed by atoms with E-state index in [9.17, 15) is 0 Å². The van der Waals surface area contributed by atoms with Gasteiger partial charge in [-0.05, 0) is 34.9 Å². The molecular formula is C31H27BrFNO3. The maximum Gasteiger partial charge on any atom is 0.143 e. The first-order chi connectivity index (χ1) is 18.1. The average Bonchev–Trinajstić information content (AvgIpc) is 3.53. The molecule has 0 bridgehead atoms. The van der Waals surface area contributed by atoms with Crippen LogP contribution in [0.2, 0.25) is 0 Å². The lowest BCUT2D eigenvalue weighted by molar-refractivity contribution is -0.0670. The quantitative estimate of drug-likeness (QED) is 0.268. The second-order valence-corrected chi connectivity index (χ2v) is 10.5. The number of hydrogen-bond donors (Lipinski definition) is 1. The Kier molecular flexibility index (Phi) is 6.69. The number of benzene rings is 4. The summed E-state index contributed by atoms with van der Waals surface area (Å²) in [6, 6.07) is 35.7. The van der Waals surface area contributed by atoms with Gasteiger partial charge in [0.2, 0.25) is 0 Å². The summed E-state index contributed by atoms with van der Waals surface area (Å²) in [6.07, 6.45) is -0.302. The van der Waals surface area contributed by atoms with Gasteiger partial charge in [-0.1, -0.05) is 107 Å². The molecule has 3 atom stereocenters. The standard InChI is InChI=1S/C31H27BrFNO3/c32-25-16-17-28(33)26(18-25)30-21-35-29(27(30)19-37-34-30)20-36-31(22-10-4-1-5-11-22,23-12-6-2-7-13-23)24-14-8-3-9-15-24/h1-18,27,29,34H,19-21H2/t27-,29-,30+/m1/s1. The fourth-order valence-corrected chi connectivity index (χ4v) is 6.07. The molecule has 0 aliphatic carbocycles. The lowest BCUT2D eigenvalue weighted by Crippen LogP contribution is -2.44. The molecule has 4 nitrogen and oxygen atoms in total. The highest BCUT2D eigenvalue weighted by Gasteiger charge is 2.56. The SMILES string of the molecule is Fc1ccc(Br)cc1[C@@]12CO[C@H](COC(c3ccccc3)(c3ccccc3)c3ccccc3)[C@H]1CON2. The van der Waals surface area contributed by atoms with E-state index in [2.05, 4.69) is 57.8 Å². The van der Waals surface area contributed by atoms with Gasteiger partial charge in [0.25, 0.3) is 0 Å². The van der Waals surface area contributed by atoms with Gasteiger partial charge in [0, 0.05) is 16.0 Å². The van der Waals surface area contributed by atoms with E-state index >= 15 is 4.39 Å². The van der Waals surface area contributed by atoms with Crippen LogP contribution in [0.3, 0.4) is 0 Å². The topological polar surface area (TPSA) is 39.7 Å². The van der Waals surface area contributed by atoms with Gasteiger partial charge in [-0.3, -0.25) is 0 Å². The summed E-state index contributed by atoms with van der Waals surface area (Å²) in [5.74, 6) is -0.417. The summed E-state index contributed by atoms with van der Waals surface area (Å²) in [5, 5.41) is 0. The van der Waals surface area contributed by atoms with Crippen molar-refractivity contribution in [2.45, 2.75) is 17.2 Å². The first-order valence-electron chi connectivity index (χ1n) is 12.4. The van der Waals surface area contributed by atoms with Crippen LogP contribution >= 0.6 is 15.9 Å². The minimum absolute atomic E-state index is 0.128. The van der Waals surface area contributed by atoms with E-state index < -0.39 is 11.1 Å². The summed E-state index contributed by atoms with van der Waals surface area (Å²) >= 11 is 3.49. The molecule has 0 aromatic heterocycles. The van der Waals surface area contributed by atoms with Crippen LogP contribution in [0.1, 0.15) is 22.3 Å². The predicted molar refractivity (Wildman–Crippen MR) is 143 cm³/mol. The van der Waals surface area contributed by atoms with Gasteiger partial charge in [-0.15, -0.1) is 0 Å². The Morgan fingerprint density at radius 1 is 0.865 bits per heavy atom. The fourth-order valence-electron chi connectivity index (χ4n) is 5.71. The van der Waals surface area contributed by atoms with E-state index in [1.165, 1.54) is 6.07 Å². The van der Waals surface area contributed by atoms with E-state index in [4.69, 9.17) is 14.3 Å². The molecule has 2 aliphatic heterocycles. The lowest BCUT2D eigenvalue weighted by atomic mass is 9.78. The zero-order valence-electron chi connectivity index (χ0n) is 20.1. The highest BCUT2D eigenvalue weighted by Crippen LogP contribution is 2.46. The molecule has 188 valence electrons. The van der Waals surface area contributed by atoms with Crippen molar-refractivity contribution in [3.05, 3.63) is 142 Å². The molecule has 6 rings (SSSR count). The Hall–Kier alpha value is -2.87. The number of halogens is 2. The first kappa shape index (κ1) is 24.5. The number of fused-ring (bicyclic) bond motifs is 1. The number of nitrogens with one attached hydrogen (secondary N) is 1. The van der Waals surface area contributed by atoms with Crippen molar-refractivity contribution in [1.82, 2.24) is 5.48 Å². The van der Waals surface area contributed by atoms with E-state index in [0.29, 0.717) is 18.8 Å². The Morgan fingerprint density at radius 3 is 2.00 bits per heavy atom. The van der Waals surface area contributed by atoms with Crippen molar-refractivity contribution in [3.8, 4) is 0 Å². The first-order valence-corrected chi connectivity index (χ1v) is 13.2. The normalized spacial score (nSPS) is 23.2. The summed E-state index contributed by atoms with van der Waals surface area (Å²) in [5.41, 5.74) is 5.07. The van der Waals surface area contributed by atoms with Crippen LogP contribution in [-0.2, 0) is 25.5 Å². The van der Waals surface area contributed by atoms with Gasteiger partial charge < -0.3 is 14.3 Å². The van der Waals surface area contributed by atoms with Crippen LogP contribution in [0.4, 0.5) is 4.39 Å².